The average Bonchev–Trinajstić information content (AvgIpc) is 2.36. The van der Waals surface area contributed by atoms with E-state index in [-0.39, 0.29) is 23.2 Å². The summed E-state index contributed by atoms with van der Waals surface area (Å²) >= 11 is 0. The number of aryl methyl sites for hydroxylation is 1. The van der Waals surface area contributed by atoms with Gasteiger partial charge >= 0.3 is 0 Å². The summed E-state index contributed by atoms with van der Waals surface area (Å²) in [6.07, 6.45) is 3.71. The van der Waals surface area contributed by atoms with Crippen molar-refractivity contribution in [3.63, 3.8) is 0 Å². The van der Waals surface area contributed by atoms with Gasteiger partial charge in [-0.1, -0.05) is 12.8 Å². The summed E-state index contributed by atoms with van der Waals surface area (Å²) in [6, 6.07) is 1.74. The van der Waals surface area contributed by atoms with Crippen LogP contribution in [0.3, 0.4) is 0 Å². The molecule has 5 heteroatoms. The molecular weight excluding hydrogens is 250 g/mol. The number of nitrogens with one attached hydrogen (secondary N) is 1. The van der Waals surface area contributed by atoms with Crippen LogP contribution in [-0.4, -0.2) is 18.0 Å². The number of amides is 1. The molecule has 1 aliphatic carbocycles. The Morgan fingerprint density at radius 3 is 2.63 bits per heavy atom. The summed E-state index contributed by atoms with van der Waals surface area (Å²) in [4.78, 5) is 12.0. The summed E-state index contributed by atoms with van der Waals surface area (Å²) in [5.74, 6) is -2.02. The minimum Gasteiger partial charge on any atom is -0.348 e. The Morgan fingerprint density at radius 2 is 1.95 bits per heavy atom. The zero-order valence-electron chi connectivity index (χ0n) is 10.9. The number of carbonyl (C=O) groups is 1. The van der Waals surface area contributed by atoms with E-state index in [9.17, 15) is 13.6 Å². The van der Waals surface area contributed by atoms with Gasteiger partial charge in [0.05, 0.1) is 5.56 Å². The fraction of sp³-hybridized carbons (Fsp3) is 0.500. The molecule has 0 bridgehead atoms. The molecule has 1 aliphatic rings. The third-order valence-corrected chi connectivity index (χ3v) is 3.63. The van der Waals surface area contributed by atoms with Crippen molar-refractivity contribution in [3.05, 3.63) is 34.9 Å². The number of rotatable bonds is 2. The predicted octanol–water partition coefficient (Wildman–Crippen LogP) is 2.27. The Kier molecular flexibility index (Phi) is 4.14. The molecule has 0 saturated heterocycles. The highest BCUT2D eigenvalue weighted by Gasteiger charge is 2.25. The highest BCUT2D eigenvalue weighted by molar-refractivity contribution is 5.94. The molecule has 1 aromatic carbocycles. The number of hydrogen-bond acceptors (Lipinski definition) is 2. The summed E-state index contributed by atoms with van der Waals surface area (Å²) in [7, 11) is 0. The van der Waals surface area contributed by atoms with E-state index in [2.05, 4.69) is 5.32 Å². The van der Waals surface area contributed by atoms with Crippen molar-refractivity contribution in [1.29, 1.82) is 0 Å². The van der Waals surface area contributed by atoms with Crippen molar-refractivity contribution in [1.82, 2.24) is 5.32 Å². The maximum Gasteiger partial charge on any atom is 0.254 e. The van der Waals surface area contributed by atoms with Gasteiger partial charge in [0, 0.05) is 18.2 Å². The van der Waals surface area contributed by atoms with Gasteiger partial charge in [-0.3, -0.25) is 4.79 Å². The van der Waals surface area contributed by atoms with Gasteiger partial charge in [-0.05, 0) is 31.4 Å². The number of halogens is 2. The number of carbonyl (C=O) groups excluding carboxylic acids is 1. The molecule has 0 heterocycles. The molecule has 0 spiro atoms. The lowest BCUT2D eigenvalue weighted by Crippen LogP contribution is -2.49. The van der Waals surface area contributed by atoms with Gasteiger partial charge in [0.15, 0.2) is 0 Å². The van der Waals surface area contributed by atoms with Crippen molar-refractivity contribution in [2.45, 2.75) is 44.7 Å². The average molecular weight is 268 g/mol. The molecule has 1 amide bonds. The van der Waals surface area contributed by atoms with Gasteiger partial charge in [-0.25, -0.2) is 8.78 Å². The van der Waals surface area contributed by atoms with Crippen molar-refractivity contribution in [2.75, 3.05) is 0 Å². The van der Waals surface area contributed by atoms with Crippen LogP contribution in [0.1, 0.15) is 41.6 Å². The minimum atomic E-state index is -0.843. The standard InChI is InChI=1S/C14H18F2N2O/c1-8-6-9(11(16)7-10(8)15)14(19)18-13-5-3-2-4-12(13)17/h6-7,12-13H,2-5,17H2,1H3,(H,18,19)/t12-,13-/m1/s1. The van der Waals surface area contributed by atoms with Gasteiger partial charge in [-0.2, -0.15) is 0 Å². The van der Waals surface area contributed by atoms with Crippen LogP contribution in [0.4, 0.5) is 8.78 Å². The zero-order chi connectivity index (χ0) is 14.0. The van der Waals surface area contributed by atoms with Gasteiger partial charge in [0.25, 0.3) is 5.91 Å². The highest BCUT2D eigenvalue weighted by atomic mass is 19.1. The van der Waals surface area contributed by atoms with E-state index in [0.717, 1.165) is 31.7 Å². The van der Waals surface area contributed by atoms with E-state index >= 15 is 0 Å². The lowest BCUT2D eigenvalue weighted by molar-refractivity contribution is 0.0917. The Labute approximate surface area is 111 Å². The van der Waals surface area contributed by atoms with Crippen LogP contribution < -0.4 is 11.1 Å². The molecule has 2 atom stereocenters. The maximum atomic E-state index is 13.6. The summed E-state index contributed by atoms with van der Waals surface area (Å²) in [6.45, 7) is 1.50. The predicted molar refractivity (Wildman–Crippen MR) is 68.8 cm³/mol. The third-order valence-electron chi connectivity index (χ3n) is 3.63. The molecule has 0 unspecified atom stereocenters. The maximum absolute atomic E-state index is 13.6. The van der Waals surface area contributed by atoms with Gasteiger partial charge in [0.1, 0.15) is 11.6 Å². The van der Waals surface area contributed by atoms with E-state index in [1.165, 1.54) is 13.0 Å². The lowest BCUT2D eigenvalue weighted by Gasteiger charge is -2.29. The Morgan fingerprint density at radius 1 is 1.26 bits per heavy atom. The van der Waals surface area contributed by atoms with Gasteiger partial charge in [-0.15, -0.1) is 0 Å². The topological polar surface area (TPSA) is 55.1 Å². The van der Waals surface area contributed by atoms with Crippen LogP contribution in [0, 0.1) is 18.6 Å². The largest absolute Gasteiger partial charge is 0.348 e. The van der Waals surface area contributed by atoms with Crippen LogP contribution in [0.5, 0.6) is 0 Å². The first-order chi connectivity index (χ1) is 8.99. The van der Waals surface area contributed by atoms with Crippen LogP contribution in [0.2, 0.25) is 0 Å². The fourth-order valence-electron chi connectivity index (χ4n) is 2.42. The van der Waals surface area contributed by atoms with Gasteiger partial charge in [0.2, 0.25) is 0 Å². The first-order valence-electron chi connectivity index (χ1n) is 6.51. The van der Waals surface area contributed by atoms with Gasteiger partial charge < -0.3 is 11.1 Å². The molecule has 0 radical (unpaired) electrons. The van der Waals surface area contributed by atoms with Crippen LogP contribution >= 0.6 is 0 Å². The number of benzene rings is 1. The van der Waals surface area contributed by atoms with E-state index in [1.54, 1.807) is 0 Å². The van der Waals surface area contributed by atoms with Crippen molar-refractivity contribution in [3.8, 4) is 0 Å². The van der Waals surface area contributed by atoms with Crippen LogP contribution in [0.15, 0.2) is 12.1 Å². The lowest BCUT2D eigenvalue weighted by atomic mass is 9.91. The second-order valence-electron chi connectivity index (χ2n) is 5.11. The molecule has 19 heavy (non-hydrogen) atoms. The Balaban J connectivity index is 2.13. The SMILES string of the molecule is Cc1cc(C(=O)N[C@@H]2CCCC[C@H]2N)c(F)cc1F. The van der Waals surface area contributed by atoms with Crippen molar-refractivity contribution >= 4 is 5.91 Å². The molecule has 1 aromatic rings. The molecule has 0 aromatic heterocycles. The summed E-state index contributed by atoms with van der Waals surface area (Å²) in [5.41, 5.74) is 6.05. The van der Waals surface area contributed by atoms with Crippen LogP contribution in [0.25, 0.3) is 0 Å². The second-order valence-corrected chi connectivity index (χ2v) is 5.11. The molecule has 104 valence electrons. The normalized spacial score (nSPS) is 23.2. The molecule has 2 rings (SSSR count). The first-order valence-corrected chi connectivity index (χ1v) is 6.51. The molecular formula is C14H18F2N2O. The first kappa shape index (κ1) is 13.9. The van der Waals surface area contributed by atoms with Crippen molar-refractivity contribution in [2.24, 2.45) is 5.73 Å². The van der Waals surface area contributed by atoms with E-state index in [4.69, 9.17) is 5.73 Å². The third kappa shape index (κ3) is 3.10. The second kappa shape index (κ2) is 5.65. The minimum absolute atomic E-state index is 0.0951. The summed E-state index contributed by atoms with van der Waals surface area (Å²) in [5, 5.41) is 2.75. The van der Waals surface area contributed by atoms with Crippen LogP contribution in [-0.2, 0) is 0 Å². The highest BCUT2D eigenvalue weighted by Crippen LogP contribution is 2.19. The molecule has 3 nitrogen and oxygen atoms in total. The van der Waals surface area contributed by atoms with E-state index < -0.39 is 17.5 Å². The molecule has 0 aliphatic heterocycles. The Bertz CT molecular complexity index is 491. The van der Waals surface area contributed by atoms with E-state index in [0.29, 0.717) is 0 Å². The quantitative estimate of drug-likeness (QED) is 0.864. The van der Waals surface area contributed by atoms with Crippen molar-refractivity contribution < 1.29 is 13.6 Å². The zero-order valence-corrected chi connectivity index (χ0v) is 10.9. The molecule has 1 fully saturated rings. The van der Waals surface area contributed by atoms with E-state index in [1.807, 2.05) is 0 Å². The summed E-state index contributed by atoms with van der Waals surface area (Å²) < 4.78 is 26.8. The monoisotopic (exact) mass is 268 g/mol. The Hall–Kier alpha value is -1.49. The molecule has 1 saturated carbocycles. The fourth-order valence-corrected chi connectivity index (χ4v) is 2.42. The number of hydrogen-bond donors (Lipinski definition) is 2. The number of nitrogens with two attached hydrogens (primary N) is 1. The smallest absolute Gasteiger partial charge is 0.254 e. The molecule has 3 N–H and O–H groups in total.